The van der Waals surface area contributed by atoms with Crippen molar-refractivity contribution in [3.05, 3.63) is 53.6 Å². The minimum absolute atomic E-state index is 0.00684. The summed E-state index contributed by atoms with van der Waals surface area (Å²) in [6, 6.07) is 6.57. The van der Waals surface area contributed by atoms with Crippen LogP contribution in [0.1, 0.15) is 49.1 Å². The third-order valence-corrected chi connectivity index (χ3v) is 7.11. The number of amides is 1. The number of carbonyl (C=O) groups is 1. The zero-order chi connectivity index (χ0) is 15.9. The largest absolute Gasteiger partial charge is 0.326 e. The summed E-state index contributed by atoms with van der Waals surface area (Å²) in [6.45, 7) is 10.3. The third-order valence-electron chi connectivity index (χ3n) is 7.11. The molecule has 6 atom stereocenters. The lowest BCUT2D eigenvalue weighted by molar-refractivity contribution is -0.114. The predicted octanol–water partition coefficient (Wildman–Crippen LogP) is 4.61. The van der Waals surface area contributed by atoms with Crippen molar-refractivity contribution in [3.8, 4) is 0 Å². The van der Waals surface area contributed by atoms with E-state index in [0.29, 0.717) is 23.7 Å². The van der Waals surface area contributed by atoms with Crippen LogP contribution in [-0.4, -0.2) is 5.91 Å². The Kier molecular flexibility index (Phi) is 2.58. The van der Waals surface area contributed by atoms with E-state index in [0.717, 1.165) is 17.5 Å². The van der Waals surface area contributed by atoms with Crippen molar-refractivity contribution in [1.29, 1.82) is 0 Å². The summed E-state index contributed by atoms with van der Waals surface area (Å²) in [5, 5.41) is 2.95. The molecule has 2 nitrogen and oxygen atoms in total. The van der Waals surface area contributed by atoms with Crippen molar-refractivity contribution in [2.24, 2.45) is 23.7 Å². The smallest absolute Gasteiger partial charge is 0.221 e. The molecule has 0 spiro atoms. The molecule has 1 aromatic rings. The number of nitrogens with one attached hydrogen (secondary N) is 1. The van der Waals surface area contributed by atoms with Crippen LogP contribution in [0.3, 0.4) is 0 Å². The Labute approximate surface area is 137 Å². The Morgan fingerprint density at radius 3 is 2.22 bits per heavy atom. The highest BCUT2D eigenvalue weighted by Crippen LogP contribution is 2.70. The molecule has 0 radical (unpaired) electrons. The first-order chi connectivity index (χ1) is 11.1. The summed E-state index contributed by atoms with van der Waals surface area (Å²) in [5.41, 5.74) is 6.68. The van der Waals surface area contributed by atoms with Crippen molar-refractivity contribution >= 4 is 11.6 Å². The second-order valence-corrected chi connectivity index (χ2v) is 7.97. The van der Waals surface area contributed by atoms with E-state index < -0.39 is 0 Å². The first-order valence-electron chi connectivity index (χ1n) is 8.85. The summed E-state index contributed by atoms with van der Waals surface area (Å²) >= 11 is 0. The van der Waals surface area contributed by atoms with Crippen molar-refractivity contribution in [3.63, 3.8) is 0 Å². The molecule has 118 valence electrons. The van der Waals surface area contributed by atoms with Crippen LogP contribution in [0, 0.1) is 23.7 Å². The van der Waals surface area contributed by atoms with E-state index >= 15 is 0 Å². The number of anilines is 1. The Morgan fingerprint density at radius 1 is 1.00 bits per heavy atom. The minimum atomic E-state index is 0.00684. The van der Waals surface area contributed by atoms with Gasteiger partial charge in [-0.3, -0.25) is 4.79 Å². The molecule has 0 saturated heterocycles. The first-order valence-corrected chi connectivity index (χ1v) is 8.85. The lowest BCUT2D eigenvalue weighted by atomic mass is 9.51. The van der Waals surface area contributed by atoms with Crippen LogP contribution in [0.4, 0.5) is 5.69 Å². The van der Waals surface area contributed by atoms with Gasteiger partial charge in [0, 0.05) is 12.6 Å². The molecular weight excluding hydrogens is 282 g/mol. The second kappa shape index (κ2) is 4.37. The standard InChI is InChI=1S/C21H23NO/c1-10-11(2)15-7-6-14(10)20-18-9-19(21(15)20)17-8-13(22-12(3)23)4-5-16(17)18/h4-5,8,14-15,18-21H,1-2,6-7,9H2,3H3,(H,22,23)/t14-,15+,18+,19-,20+,21-/m0/s1. The Morgan fingerprint density at radius 2 is 1.61 bits per heavy atom. The van der Waals surface area contributed by atoms with Crippen molar-refractivity contribution in [2.75, 3.05) is 5.32 Å². The molecule has 0 heterocycles. The third kappa shape index (κ3) is 1.62. The van der Waals surface area contributed by atoms with Crippen LogP contribution in [0.25, 0.3) is 0 Å². The fourth-order valence-corrected chi connectivity index (χ4v) is 6.44. The van der Waals surface area contributed by atoms with Gasteiger partial charge >= 0.3 is 0 Å². The average Bonchev–Trinajstić information content (AvgIpc) is 3.08. The van der Waals surface area contributed by atoms with Gasteiger partial charge in [-0.2, -0.15) is 0 Å². The maximum Gasteiger partial charge on any atom is 0.221 e. The van der Waals surface area contributed by atoms with Gasteiger partial charge in [0.2, 0.25) is 5.91 Å². The van der Waals surface area contributed by atoms with Crippen LogP contribution in [-0.2, 0) is 4.79 Å². The number of benzene rings is 1. The van der Waals surface area contributed by atoms with E-state index in [1.165, 1.54) is 41.5 Å². The normalized spacial score (nSPS) is 39.3. The van der Waals surface area contributed by atoms with Crippen molar-refractivity contribution in [1.82, 2.24) is 0 Å². The number of hydrogen-bond acceptors (Lipinski definition) is 1. The van der Waals surface area contributed by atoms with Crippen molar-refractivity contribution in [2.45, 2.75) is 38.0 Å². The van der Waals surface area contributed by atoms with Crippen molar-refractivity contribution < 1.29 is 4.79 Å². The molecule has 0 aromatic heterocycles. The van der Waals surface area contributed by atoms with E-state index in [4.69, 9.17) is 0 Å². The molecule has 1 aromatic carbocycles. The van der Waals surface area contributed by atoms with E-state index in [-0.39, 0.29) is 5.91 Å². The molecule has 23 heavy (non-hydrogen) atoms. The molecule has 0 aliphatic heterocycles. The highest BCUT2D eigenvalue weighted by molar-refractivity contribution is 5.88. The van der Waals surface area contributed by atoms with Crippen LogP contribution in [0.2, 0.25) is 0 Å². The summed E-state index contributed by atoms with van der Waals surface area (Å²) in [6.07, 6.45) is 3.90. The van der Waals surface area contributed by atoms with E-state index in [2.05, 4.69) is 36.7 Å². The number of rotatable bonds is 1. The van der Waals surface area contributed by atoms with Gasteiger partial charge in [0.1, 0.15) is 0 Å². The topological polar surface area (TPSA) is 29.1 Å². The second-order valence-electron chi connectivity index (χ2n) is 7.97. The van der Waals surface area contributed by atoms with E-state index in [9.17, 15) is 4.79 Å². The first kappa shape index (κ1) is 13.6. The maximum atomic E-state index is 11.4. The molecule has 4 fully saturated rings. The lowest BCUT2D eigenvalue weighted by Crippen LogP contribution is -2.44. The lowest BCUT2D eigenvalue weighted by Gasteiger charge is -2.53. The number of allylic oxidation sites excluding steroid dienone is 2. The molecule has 4 saturated carbocycles. The highest BCUT2D eigenvalue weighted by atomic mass is 16.1. The van der Waals surface area contributed by atoms with Gasteiger partial charge in [-0.05, 0) is 89.2 Å². The quantitative estimate of drug-likeness (QED) is 0.806. The molecule has 5 aliphatic carbocycles. The van der Waals surface area contributed by atoms with Gasteiger partial charge in [0.15, 0.2) is 0 Å². The average molecular weight is 305 g/mol. The van der Waals surface area contributed by atoms with Crippen LogP contribution in [0.5, 0.6) is 0 Å². The van der Waals surface area contributed by atoms with Gasteiger partial charge in [-0.1, -0.05) is 19.2 Å². The van der Waals surface area contributed by atoms with E-state index in [1.807, 2.05) is 0 Å². The fraction of sp³-hybridized carbons (Fsp3) is 0.476. The summed E-state index contributed by atoms with van der Waals surface area (Å²) < 4.78 is 0. The number of hydrogen-bond donors (Lipinski definition) is 1. The zero-order valence-corrected chi connectivity index (χ0v) is 13.6. The Hall–Kier alpha value is -1.83. The molecule has 0 unspecified atom stereocenters. The van der Waals surface area contributed by atoms with Gasteiger partial charge in [0.25, 0.3) is 0 Å². The van der Waals surface area contributed by atoms with Gasteiger partial charge in [-0.15, -0.1) is 0 Å². The Balaban J connectivity index is 1.59. The monoisotopic (exact) mass is 305 g/mol. The fourth-order valence-electron chi connectivity index (χ4n) is 6.44. The predicted molar refractivity (Wildman–Crippen MR) is 92.3 cm³/mol. The summed E-state index contributed by atoms with van der Waals surface area (Å²) in [4.78, 5) is 11.4. The molecule has 5 aliphatic rings. The Bertz CT molecular complexity index is 761. The zero-order valence-electron chi connectivity index (χ0n) is 13.6. The summed E-state index contributed by atoms with van der Waals surface area (Å²) in [7, 11) is 0. The van der Waals surface area contributed by atoms with E-state index in [1.54, 1.807) is 6.92 Å². The minimum Gasteiger partial charge on any atom is -0.326 e. The SMILES string of the molecule is C=C1C(=C)[C@@H]2CC[C@H]1[C@@H]1[C@H]2[C@@H]2C[C@H]1c1cc(NC(C)=O)ccc12. The number of carbonyl (C=O) groups excluding carboxylic acids is 1. The molecule has 1 N–H and O–H groups in total. The van der Waals surface area contributed by atoms with Crippen LogP contribution >= 0.6 is 0 Å². The van der Waals surface area contributed by atoms with Gasteiger partial charge < -0.3 is 5.32 Å². The maximum absolute atomic E-state index is 11.4. The van der Waals surface area contributed by atoms with Crippen LogP contribution in [0.15, 0.2) is 42.5 Å². The molecular formula is C21H23NO. The van der Waals surface area contributed by atoms with Gasteiger partial charge in [-0.25, -0.2) is 0 Å². The van der Waals surface area contributed by atoms with Crippen LogP contribution < -0.4 is 5.32 Å². The highest BCUT2D eigenvalue weighted by Gasteiger charge is 2.60. The number of fused-ring (bicyclic) bond motifs is 7. The molecule has 4 bridgehead atoms. The molecule has 1 amide bonds. The summed E-state index contributed by atoms with van der Waals surface area (Å²) in [5.74, 6) is 4.22. The molecule has 2 heteroatoms. The molecule has 6 rings (SSSR count). The van der Waals surface area contributed by atoms with Gasteiger partial charge in [0.05, 0.1) is 0 Å².